The lowest BCUT2D eigenvalue weighted by atomic mass is 9.80. The zero-order chi connectivity index (χ0) is 25.2. The Bertz CT molecular complexity index is 851. The minimum Gasteiger partial charge on any atom is -0.444 e. The van der Waals surface area contributed by atoms with E-state index in [-0.39, 0.29) is 11.4 Å². The van der Waals surface area contributed by atoms with Crippen LogP contribution in [0.1, 0.15) is 65.9 Å². The van der Waals surface area contributed by atoms with Crippen LogP contribution in [0.2, 0.25) is 5.28 Å². The smallest absolute Gasteiger partial charge is 0.407 e. The van der Waals surface area contributed by atoms with Gasteiger partial charge in [0.15, 0.2) is 0 Å². The SMILES string of the molecule is CCOC(C#Cc1cnc(Cl)nc1NC1(CNC(=O)OC(C)(C)C)CCC(OC)CC1)OCC. The highest BCUT2D eigenvalue weighted by Gasteiger charge is 2.37. The van der Waals surface area contributed by atoms with Crippen molar-refractivity contribution in [1.29, 1.82) is 0 Å². The molecule has 2 N–H and O–H groups in total. The van der Waals surface area contributed by atoms with E-state index >= 15 is 0 Å². The molecule has 0 radical (unpaired) electrons. The first-order valence-corrected chi connectivity index (χ1v) is 12.0. The second kappa shape index (κ2) is 13.1. The minimum atomic E-state index is -0.654. The first-order chi connectivity index (χ1) is 16.1. The lowest BCUT2D eigenvalue weighted by Crippen LogP contribution is -2.52. The van der Waals surface area contributed by atoms with Gasteiger partial charge in [-0.25, -0.2) is 9.78 Å². The summed E-state index contributed by atoms with van der Waals surface area (Å²) in [5.41, 5.74) is -0.516. The van der Waals surface area contributed by atoms with Gasteiger partial charge in [-0.2, -0.15) is 4.98 Å². The molecule has 0 bridgehead atoms. The largest absolute Gasteiger partial charge is 0.444 e. The molecule has 1 aliphatic rings. The molecule has 2 rings (SSSR count). The zero-order valence-electron chi connectivity index (χ0n) is 21.0. The monoisotopic (exact) mass is 496 g/mol. The van der Waals surface area contributed by atoms with Gasteiger partial charge in [-0.05, 0) is 77.8 Å². The summed E-state index contributed by atoms with van der Waals surface area (Å²) in [6, 6.07) is 0. The van der Waals surface area contributed by atoms with E-state index in [1.807, 2.05) is 34.6 Å². The van der Waals surface area contributed by atoms with Gasteiger partial charge in [-0.3, -0.25) is 0 Å². The maximum absolute atomic E-state index is 12.4. The third kappa shape index (κ3) is 9.26. The normalized spacial score (nSPS) is 20.4. The Balaban J connectivity index is 2.28. The van der Waals surface area contributed by atoms with Crippen LogP contribution < -0.4 is 10.6 Å². The number of alkyl carbamates (subject to hydrolysis) is 1. The van der Waals surface area contributed by atoms with Crippen molar-refractivity contribution >= 4 is 23.5 Å². The van der Waals surface area contributed by atoms with Gasteiger partial charge in [0.1, 0.15) is 11.4 Å². The second-order valence-corrected chi connectivity index (χ2v) is 9.45. The van der Waals surface area contributed by atoms with E-state index in [2.05, 4.69) is 32.4 Å². The summed E-state index contributed by atoms with van der Waals surface area (Å²) >= 11 is 6.12. The maximum Gasteiger partial charge on any atom is 0.407 e. The fraction of sp³-hybridized carbons (Fsp3) is 0.708. The Morgan fingerprint density at radius 2 is 1.91 bits per heavy atom. The van der Waals surface area contributed by atoms with Crippen LogP contribution in [0, 0.1) is 11.8 Å². The number of nitrogens with one attached hydrogen (secondary N) is 2. The molecule has 0 atom stereocenters. The first-order valence-electron chi connectivity index (χ1n) is 11.6. The number of halogens is 1. The van der Waals surface area contributed by atoms with Crippen molar-refractivity contribution in [3.8, 4) is 11.8 Å². The highest BCUT2D eigenvalue weighted by molar-refractivity contribution is 6.28. The Kier molecular flexibility index (Phi) is 10.8. The van der Waals surface area contributed by atoms with Crippen LogP contribution in [0.15, 0.2) is 6.20 Å². The van der Waals surface area contributed by atoms with Crippen LogP contribution >= 0.6 is 11.6 Å². The number of anilines is 1. The minimum absolute atomic E-state index is 0.0973. The molecule has 0 spiro atoms. The van der Waals surface area contributed by atoms with Crippen molar-refractivity contribution in [1.82, 2.24) is 15.3 Å². The molecule has 1 fully saturated rings. The molecule has 10 heteroatoms. The molecule has 1 heterocycles. The molecule has 1 amide bonds. The highest BCUT2D eigenvalue weighted by atomic mass is 35.5. The Labute approximate surface area is 207 Å². The molecular formula is C24H37ClN4O5. The number of aromatic nitrogens is 2. The molecule has 9 nitrogen and oxygen atoms in total. The third-order valence-electron chi connectivity index (χ3n) is 5.30. The summed E-state index contributed by atoms with van der Waals surface area (Å²) in [4.78, 5) is 20.8. The molecule has 1 aromatic heterocycles. The molecule has 1 aromatic rings. The van der Waals surface area contributed by atoms with E-state index in [4.69, 9.17) is 30.5 Å². The Morgan fingerprint density at radius 3 is 2.47 bits per heavy atom. The number of carbonyl (C=O) groups is 1. The van der Waals surface area contributed by atoms with Gasteiger partial charge in [0.2, 0.25) is 11.6 Å². The molecule has 0 saturated heterocycles. The van der Waals surface area contributed by atoms with Gasteiger partial charge in [0.05, 0.1) is 17.2 Å². The van der Waals surface area contributed by atoms with E-state index < -0.39 is 23.5 Å². The number of hydrogen-bond donors (Lipinski definition) is 2. The van der Waals surface area contributed by atoms with Gasteiger partial charge in [0, 0.05) is 33.1 Å². The van der Waals surface area contributed by atoms with E-state index in [0.29, 0.717) is 31.1 Å². The van der Waals surface area contributed by atoms with Crippen molar-refractivity contribution in [2.45, 2.75) is 83.8 Å². The fourth-order valence-corrected chi connectivity index (χ4v) is 3.78. The van der Waals surface area contributed by atoms with E-state index in [9.17, 15) is 4.79 Å². The zero-order valence-corrected chi connectivity index (χ0v) is 21.8. The van der Waals surface area contributed by atoms with Crippen LogP contribution in [0.4, 0.5) is 10.6 Å². The molecular weight excluding hydrogens is 460 g/mol. The lowest BCUT2D eigenvalue weighted by Gasteiger charge is -2.41. The van der Waals surface area contributed by atoms with Gasteiger partial charge in [0.25, 0.3) is 0 Å². The van der Waals surface area contributed by atoms with Crippen molar-refractivity contribution in [2.24, 2.45) is 0 Å². The lowest BCUT2D eigenvalue weighted by molar-refractivity contribution is -0.0969. The average molecular weight is 497 g/mol. The van der Waals surface area contributed by atoms with E-state index in [1.165, 1.54) is 0 Å². The number of nitrogens with zero attached hydrogens (tertiary/aromatic N) is 2. The first kappa shape index (κ1) is 28.1. The number of rotatable bonds is 9. The summed E-state index contributed by atoms with van der Waals surface area (Å²) in [5, 5.41) is 6.51. The number of carbonyl (C=O) groups excluding carboxylic acids is 1. The number of hydrogen-bond acceptors (Lipinski definition) is 8. The number of ether oxygens (including phenoxy) is 4. The molecule has 190 valence electrons. The highest BCUT2D eigenvalue weighted by Crippen LogP contribution is 2.33. The van der Waals surface area contributed by atoms with Gasteiger partial charge >= 0.3 is 6.09 Å². The fourth-order valence-electron chi connectivity index (χ4n) is 3.65. The predicted octanol–water partition coefficient (Wildman–Crippen LogP) is 4.15. The average Bonchev–Trinajstić information content (AvgIpc) is 2.77. The number of methoxy groups -OCH3 is 1. The van der Waals surface area contributed by atoms with E-state index in [0.717, 1.165) is 25.7 Å². The summed E-state index contributed by atoms with van der Waals surface area (Å²) in [6.45, 7) is 10.5. The summed E-state index contributed by atoms with van der Waals surface area (Å²) < 4.78 is 22.0. The molecule has 0 aliphatic heterocycles. The van der Waals surface area contributed by atoms with Crippen molar-refractivity contribution in [3.63, 3.8) is 0 Å². The van der Waals surface area contributed by atoms with Gasteiger partial charge in [-0.1, -0.05) is 5.92 Å². The van der Waals surface area contributed by atoms with Gasteiger partial charge in [-0.15, -0.1) is 0 Å². The molecule has 0 unspecified atom stereocenters. The topological polar surface area (TPSA) is 104 Å². The molecule has 1 aliphatic carbocycles. The summed E-state index contributed by atoms with van der Waals surface area (Å²) in [5.74, 6) is 6.51. The quantitative estimate of drug-likeness (QED) is 0.298. The molecule has 34 heavy (non-hydrogen) atoms. The van der Waals surface area contributed by atoms with Crippen LogP contribution in [-0.2, 0) is 18.9 Å². The van der Waals surface area contributed by atoms with Crippen LogP contribution in [0.3, 0.4) is 0 Å². The molecule has 0 aromatic carbocycles. The van der Waals surface area contributed by atoms with Crippen LogP contribution in [0.5, 0.6) is 0 Å². The standard InChI is InChI=1S/C24H37ClN4O5/c1-7-32-19(33-8-2)10-9-17-15-26-21(25)28-20(17)29-24(13-11-18(31-6)12-14-24)16-27-22(30)34-23(3,4)5/h15,18-19H,7-8,11-14,16H2,1-6H3,(H,27,30)(H,26,28,29). The Hall–Kier alpha value is -2.12. The Morgan fingerprint density at radius 1 is 1.26 bits per heavy atom. The van der Waals surface area contributed by atoms with Crippen LogP contribution in [0.25, 0.3) is 0 Å². The summed E-state index contributed by atoms with van der Waals surface area (Å²) in [6.07, 6.45) is 3.76. The second-order valence-electron chi connectivity index (χ2n) is 9.11. The molecule has 1 saturated carbocycles. The van der Waals surface area contributed by atoms with E-state index in [1.54, 1.807) is 13.3 Å². The number of amides is 1. The predicted molar refractivity (Wildman–Crippen MR) is 131 cm³/mol. The summed E-state index contributed by atoms with van der Waals surface area (Å²) in [7, 11) is 1.72. The van der Waals surface area contributed by atoms with Crippen molar-refractivity contribution in [3.05, 3.63) is 17.0 Å². The van der Waals surface area contributed by atoms with Crippen molar-refractivity contribution in [2.75, 3.05) is 32.2 Å². The van der Waals surface area contributed by atoms with Crippen LogP contribution in [-0.4, -0.2) is 66.5 Å². The third-order valence-corrected chi connectivity index (χ3v) is 5.48. The maximum atomic E-state index is 12.4. The van der Waals surface area contributed by atoms with Crippen molar-refractivity contribution < 1.29 is 23.7 Å². The van der Waals surface area contributed by atoms with Gasteiger partial charge < -0.3 is 29.6 Å².